The average Bonchev–Trinajstić information content (AvgIpc) is 3.05. The molecule has 4 nitrogen and oxygen atoms in total. The highest BCUT2D eigenvalue weighted by Gasteiger charge is 2.05. The predicted molar refractivity (Wildman–Crippen MR) is 72.1 cm³/mol. The van der Waals surface area contributed by atoms with Crippen LogP contribution in [0, 0.1) is 0 Å². The van der Waals surface area contributed by atoms with Crippen molar-refractivity contribution in [3.8, 4) is 11.1 Å². The van der Waals surface area contributed by atoms with Gasteiger partial charge in [0.1, 0.15) is 5.65 Å². The van der Waals surface area contributed by atoms with Crippen molar-refractivity contribution in [2.24, 2.45) is 0 Å². The van der Waals surface area contributed by atoms with E-state index in [1.54, 1.807) is 0 Å². The minimum absolute atomic E-state index is 0.957. The van der Waals surface area contributed by atoms with Crippen molar-refractivity contribution in [2.75, 3.05) is 0 Å². The summed E-state index contributed by atoms with van der Waals surface area (Å²) in [5.74, 6) is 0. The molecule has 3 aromatic rings. The van der Waals surface area contributed by atoms with Crippen LogP contribution < -0.4 is 0 Å². The van der Waals surface area contributed by atoms with Gasteiger partial charge in [-0.2, -0.15) is 5.10 Å². The summed E-state index contributed by atoms with van der Waals surface area (Å²) >= 11 is 0. The normalized spacial score (nSPS) is 12.2. The summed E-state index contributed by atoms with van der Waals surface area (Å²) in [5.41, 5.74) is 5.36. The first-order chi connectivity index (χ1) is 8.78. The summed E-state index contributed by atoms with van der Waals surface area (Å²) in [7, 11) is 0. The Morgan fingerprint density at radius 3 is 2.89 bits per heavy atom. The van der Waals surface area contributed by atoms with Crippen molar-refractivity contribution in [1.82, 2.24) is 19.6 Å². The molecule has 0 aliphatic heterocycles. The molecule has 0 bridgehead atoms. The van der Waals surface area contributed by atoms with Crippen LogP contribution in [-0.4, -0.2) is 19.6 Å². The van der Waals surface area contributed by atoms with Crippen LogP contribution in [0.1, 0.15) is 19.5 Å². The molecular formula is C14H14N4. The van der Waals surface area contributed by atoms with Gasteiger partial charge in [0.05, 0.1) is 11.9 Å². The van der Waals surface area contributed by atoms with Gasteiger partial charge < -0.3 is 4.40 Å². The van der Waals surface area contributed by atoms with Crippen molar-refractivity contribution >= 4 is 11.2 Å². The lowest BCUT2D eigenvalue weighted by molar-refractivity contribution is 1.09. The number of nitrogens with one attached hydrogen (secondary N) is 1. The van der Waals surface area contributed by atoms with Crippen molar-refractivity contribution in [1.29, 1.82) is 0 Å². The smallest absolute Gasteiger partial charge is 0.137 e. The maximum absolute atomic E-state index is 4.58. The van der Waals surface area contributed by atoms with E-state index in [9.17, 15) is 0 Å². The highest BCUT2D eigenvalue weighted by atomic mass is 15.1. The highest BCUT2D eigenvalue weighted by Crippen LogP contribution is 2.20. The molecule has 0 atom stereocenters. The Hall–Kier alpha value is -2.36. The van der Waals surface area contributed by atoms with E-state index >= 15 is 0 Å². The number of hydrogen-bond donors (Lipinski definition) is 1. The zero-order chi connectivity index (χ0) is 12.5. The van der Waals surface area contributed by atoms with Crippen LogP contribution in [0.4, 0.5) is 0 Å². The number of rotatable bonds is 2. The first kappa shape index (κ1) is 10.8. The van der Waals surface area contributed by atoms with Gasteiger partial charge in [-0.05, 0) is 31.6 Å². The van der Waals surface area contributed by atoms with E-state index in [0.29, 0.717) is 0 Å². The third kappa shape index (κ3) is 1.72. The maximum atomic E-state index is 4.58. The Morgan fingerprint density at radius 1 is 1.28 bits per heavy atom. The Morgan fingerprint density at radius 2 is 2.17 bits per heavy atom. The SMILES string of the molecule is C/C=C(/C)c1cn2cc(-c3cn[nH]c3)ccc2n1. The summed E-state index contributed by atoms with van der Waals surface area (Å²) < 4.78 is 2.05. The fourth-order valence-electron chi connectivity index (χ4n) is 1.91. The molecule has 90 valence electrons. The first-order valence-electron chi connectivity index (χ1n) is 5.89. The summed E-state index contributed by atoms with van der Waals surface area (Å²) in [4.78, 5) is 4.58. The Bertz CT molecular complexity index is 705. The zero-order valence-corrected chi connectivity index (χ0v) is 10.4. The zero-order valence-electron chi connectivity index (χ0n) is 10.4. The third-order valence-electron chi connectivity index (χ3n) is 3.12. The van der Waals surface area contributed by atoms with Crippen LogP contribution in [0.25, 0.3) is 22.3 Å². The molecule has 0 saturated heterocycles. The number of aromatic nitrogens is 4. The fourth-order valence-corrected chi connectivity index (χ4v) is 1.91. The second-order valence-electron chi connectivity index (χ2n) is 4.27. The van der Waals surface area contributed by atoms with Gasteiger partial charge >= 0.3 is 0 Å². The minimum atomic E-state index is 0.957. The van der Waals surface area contributed by atoms with E-state index in [4.69, 9.17) is 0 Å². The van der Waals surface area contributed by atoms with Gasteiger partial charge in [-0.15, -0.1) is 0 Å². The van der Waals surface area contributed by atoms with Gasteiger partial charge in [0.15, 0.2) is 0 Å². The van der Waals surface area contributed by atoms with Gasteiger partial charge in [-0.3, -0.25) is 5.10 Å². The lowest BCUT2D eigenvalue weighted by atomic mass is 10.2. The lowest BCUT2D eigenvalue weighted by Gasteiger charge is -1.98. The molecule has 0 unspecified atom stereocenters. The second kappa shape index (κ2) is 4.14. The molecular weight excluding hydrogens is 224 g/mol. The second-order valence-corrected chi connectivity index (χ2v) is 4.27. The topological polar surface area (TPSA) is 46.0 Å². The summed E-state index contributed by atoms with van der Waals surface area (Å²) in [6, 6.07) is 4.08. The van der Waals surface area contributed by atoms with Gasteiger partial charge in [0, 0.05) is 29.7 Å². The number of aromatic amines is 1. The molecule has 0 radical (unpaired) electrons. The van der Waals surface area contributed by atoms with E-state index in [0.717, 1.165) is 22.5 Å². The van der Waals surface area contributed by atoms with E-state index in [1.165, 1.54) is 5.57 Å². The van der Waals surface area contributed by atoms with Crippen molar-refractivity contribution in [2.45, 2.75) is 13.8 Å². The Labute approximate surface area is 105 Å². The van der Waals surface area contributed by atoms with Crippen LogP contribution >= 0.6 is 0 Å². The van der Waals surface area contributed by atoms with Gasteiger partial charge in [-0.1, -0.05) is 6.08 Å². The molecule has 0 fully saturated rings. The summed E-state index contributed by atoms with van der Waals surface area (Å²) in [6.07, 6.45) is 9.89. The Balaban J connectivity index is 2.13. The minimum Gasteiger partial charge on any atom is -0.306 e. The number of hydrogen-bond acceptors (Lipinski definition) is 2. The standard InChI is InChI=1S/C14H14N4/c1-3-10(2)13-9-18-8-11(4-5-14(18)17-13)12-6-15-16-7-12/h3-9H,1-2H3,(H,15,16)/b10-3-. The van der Waals surface area contributed by atoms with Gasteiger partial charge in [0.25, 0.3) is 0 Å². The molecule has 3 aromatic heterocycles. The fraction of sp³-hybridized carbons (Fsp3) is 0.143. The van der Waals surface area contributed by atoms with Crippen LogP contribution in [0.15, 0.2) is 43.0 Å². The maximum Gasteiger partial charge on any atom is 0.137 e. The third-order valence-corrected chi connectivity index (χ3v) is 3.12. The molecule has 0 aliphatic rings. The van der Waals surface area contributed by atoms with Gasteiger partial charge in [0.2, 0.25) is 0 Å². The van der Waals surface area contributed by atoms with Crippen molar-refractivity contribution in [3.05, 3.63) is 48.7 Å². The van der Waals surface area contributed by atoms with Crippen LogP contribution in [-0.2, 0) is 0 Å². The van der Waals surface area contributed by atoms with E-state index in [2.05, 4.69) is 40.4 Å². The number of nitrogens with zero attached hydrogens (tertiary/aromatic N) is 3. The molecule has 3 heterocycles. The Kier molecular flexibility index (Phi) is 2.48. The van der Waals surface area contributed by atoms with Crippen molar-refractivity contribution in [3.63, 3.8) is 0 Å². The largest absolute Gasteiger partial charge is 0.306 e. The van der Waals surface area contributed by atoms with E-state index in [1.807, 2.05) is 36.0 Å². The number of allylic oxidation sites excluding steroid dienone is 2. The monoisotopic (exact) mass is 238 g/mol. The molecule has 0 saturated carbocycles. The van der Waals surface area contributed by atoms with Gasteiger partial charge in [-0.25, -0.2) is 4.98 Å². The number of imidazole rings is 1. The van der Waals surface area contributed by atoms with Crippen molar-refractivity contribution < 1.29 is 0 Å². The summed E-state index contributed by atoms with van der Waals surface area (Å²) in [5, 5.41) is 6.79. The quantitative estimate of drug-likeness (QED) is 0.745. The predicted octanol–water partition coefficient (Wildman–Crippen LogP) is 3.15. The summed E-state index contributed by atoms with van der Waals surface area (Å²) in [6.45, 7) is 4.09. The van der Waals surface area contributed by atoms with E-state index < -0.39 is 0 Å². The number of fused-ring (bicyclic) bond motifs is 1. The molecule has 0 amide bonds. The first-order valence-corrected chi connectivity index (χ1v) is 5.89. The molecule has 0 spiro atoms. The molecule has 1 N–H and O–H groups in total. The number of H-pyrrole nitrogens is 1. The van der Waals surface area contributed by atoms with E-state index in [-0.39, 0.29) is 0 Å². The molecule has 0 aliphatic carbocycles. The van der Waals surface area contributed by atoms with Crippen LogP contribution in [0.2, 0.25) is 0 Å². The lowest BCUT2D eigenvalue weighted by Crippen LogP contribution is -1.83. The molecule has 0 aromatic carbocycles. The molecule has 3 rings (SSSR count). The highest BCUT2D eigenvalue weighted by molar-refractivity contribution is 5.66. The molecule has 4 heteroatoms. The van der Waals surface area contributed by atoms with Crippen LogP contribution in [0.5, 0.6) is 0 Å². The molecule has 18 heavy (non-hydrogen) atoms. The number of pyridine rings is 1. The average molecular weight is 238 g/mol. The van der Waals surface area contributed by atoms with Crippen LogP contribution in [0.3, 0.4) is 0 Å².